The molecule has 164 valence electrons. The van der Waals surface area contributed by atoms with Crippen LogP contribution in [-0.4, -0.2) is 50.7 Å². The summed E-state index contributed by atoms with van der Waals surface area (Å²) in [6.07, 6.45) is 3.06. The largest absolute Gasteiger partial charge is 0.389 e. The van der Waals surface area contributed by atoms with E-state index < -0.39 is 24.4 Å². The number of hydrogen-bond donors (Lipinski definition) is 3. The third-order valence-corrected chi connectivity index (χ3v) is 5.87. The number of rotatable bonds is 4. The van der Waals surface area contributed by atoms with Crippen molar-refractivity contribution in [1.82, 2.24) is 19.7 Å². The summed E-state index contributed by atoms with van der Waals surface area (Å²) in [7, 11) is 1.63. The van der Waals surface area contributed by atoms with Crippen LogP contribution >= 0.6 is 11.3 Å². The van der Waals surface area contributed by atoms with Gasteiger partial charge in [0.25, 0.3) is 11.8 Å². The number of anilines is 3. The molecule has 4 rings (SSSR count). The van der Waals surface area contributed by atoms with Crippen molar-refractivity contribution in [2.24, 2.45) is 12.8 Å². The summed E-state index contributed by atoms with van der Waals surface area (Å²) in [6, 6.07) is 4.76. The molecular formula is C19H22F2N8OS. The molecule has 1 fully saturated rings. The van der Waals surface area contributed by atoms with E-state index in [0.29, 0.717) is 35.2 Å². The second kappa shape index (κ2) is 8.19. The van der Waals surface area contributed by atoms with Crippen LogP contribution in [-0.2, 0) is 7.05 Å². The molecule has 31 heavy (non-hydrogen) atoms. The van der Waals surface area contributed by atoms with Crippen LogP contribution in [0.3, 0.4) is 0 Å². The first-order valence-electron chi connectivity index (χ1n) is 9.63. The lowest BCUT2D eigenvalue weighted by atomic mass is 10.1. The molecule has 4 heterocycles. The average Bonchev–Trinajstić information content (AvgIpc) is 3.24. The summed E-state index contributed by atoms with van der Waals surface area (Å²) in [6.45, 7) is -0.187. The Labute approximate surface area is 181 Å². The maximum absolute atomic E-state index is 14.3. The zero-order valence-corrected chi connectivity index (χ0v) is 17.6. The topological polar surface area (TPSA) is 128 Å². The molecule has 1 aliphatic heterocycles. The Morgan fingerprint density at radius 2 is 2.19 bits per heavy atom. The smallest absolute Gasteiger partial charge is 0.277 e. The van der Waals surface area contributed by atoms with Crippen molar-refractivity contribution >= 4 is 33.8 Å². The number of nitrogens with zero attached hydrogens (tertiary/aromatic N) is 5. The summed E-state index contributed by atoms with van der Waals surface area (Å²) in [4.78, 5) is 22.9. The van der Waals surface area contributed by atoms with E-state index in [1.54, 1.807) is 25.4 Å². The molecule has 3 aromatic rings. The first kappa shape index (κ1) is 21.1. The van der Waals surface area contributed by atoms with Crippen LogP contribution in [0.2, 0.25) is 0 Å². The third-order valence-electron chi connectivity index (χ3n) is 4.96. The van der Waals surface area contributed by atoms with Gasteiger partial charge in [-0.15, -0.1) is 0 Å². The fraction of sp³-hybridized carbons (Fsp3) is 0.368. The number of pyridine rings is 1. The SMILES string of the molecule is Cn1ncc(NC(=O)c2nc(-c3ccccn3)sc2N)c1N1CC[C@@H](N)CC(F)(F)C1. The van der Waals surface area contributed by atoms with Gasteiger partial charge >= 0.3 is 0 Å². The second-order valence-corrected chi connectivity index (χ2v) is 8.47. The number of thiazole rings is 1. The fourth-order valence-electron chi connectivity index (χ4n) is 3.58. The van der Waals surface area contributed by atoms with Crippen molar-refractivity contribution in [1.29, 1.82) is 0 Å². The molecule has 12 heteroatoms. The zero-order valence-electron chi connectivity index (χ0n) is 16.8. The lowest BCUT2D eigenvalue weighted by molar-refractivity contribution is -0.000526. The van der Waals surface area contributed by atoms with Gasteiger partial charge in [0.2, 0.25) is 0 Å². The minimum Gasteiger partial charge on any atom is -0.389 e. The molecule has 0 spiro atoms. The number of nitrogens with two attached hydrogens (primary N) is 2. The minimum absolute atomic E-state index is 0.0451. The molecule has 0 aliphatic carbocycles. The van der Waals surface area contributed by atoms with E-state index in [4.69, 9.17) is 11.5 Å². The van der Waals surface area contributed by atoms with E-state index in [1.165, 1.54) is 15.8 Å². The van der Waals surface area contributed by atoms with Crippen LogP contribution in [0.15, 0.2) is 30.6 Å². The Kier molecular flexibility index (Phi) is 5.58. The average molecular weight is 449 g/mol. The molecule has 0 bridgehead atoms. The fourth-order valence-corrected chi connectivity index (χ4v) is 4.39. The highest BCUT2D eigenvalue weighted by molar-refractivity contribution is 7.19. The van der Waals surface area contributed by atoms with Gasteiger partial charge in [-0.25, -0.2) is 13.8 Å². The van der Waals surface area contributed by atoms with Gasteiger partial charge in [0.1, 0.15) is 15.7 Å². The number of nitrogen functional groups attached to an aromatic ring is 1. The summed E-state index contributed by atoms with van der Waals surface area (Å²) >= 11 is 1.15. The normalized spacial score (nSPS) is 18.6. The van der Waals surface area contributed by atoms with E-state index in [9.17, 15) is 13.6 Å². The summed E-state index contributed by atoms with van der Waals surface area (Å²) in [5.74, 6) is -3.12. The standard InChI is InChI=1S/C19H22F2N8OS/c1-28-18(29-7-5-11(22)8-19(20,21)10-29)13(9-25-28)26-16(30)14-15(23)31-17(27-14)12-4-2-3-6-24-12/h2-4,6,9,11H,5,7-8,10,22-23H2,1H3,(H,26,30)/t11-/m1/s1. The maximum atomic E-state index is 14.3. The second-order valence-electron chi connectivity index (χ2n) is 7.44. The van der Waals surface area contributed by atoms with E-state index in [1.807, 2.05) is 6.07 Å². The van der Waals surface area contributed by atoms with Crippen LogP contribution < -0.4 is 21.7 Å². The van der Waals surface area contributed by atoms with Crippen LogP contribution in [0, 0.1) is 0 Å². The van der Waals surface area contributed by atoms with Crippen molar-refractivity contribution in [3.05, 3.63) is 36.3 Å². The lowest BCUT2D eigenvalue weighted by Gasteiger charge is -2.26. The van der Waals surface area contributed by atoms with Crippen molar-refractivity contribution in [3.63, 3.8) is 0 Å². The molecule has 0 aromatic carbocycles. The molecule has 0 unspecified atom stereocenters. The summed E-state index contributed by atoms with van der Waals surface area (Å²) < 4.78 is 30.0. The van der Waals surface area contributed by atoms with Crippen molar-refractivity contribution in [2.75, 3.05) is 29.0 Å². The number of carbonyl (C=O) groups excluding carboxylic acids is 1. The van der Waals surface area contributed by atoms with Gasteiger partial charge in [0.15, 0.2) is 11.5 Å². The van der Waals surface area contributed by atoms with Crippen molar-refractivity contribution < 1.29 is 13.6 Å². The molecule has 0 saturated carbocycles. The molecule has 1 atom stereocenters. The van der Waals surface area contributed by atoms with Gasteiger partial charge in [-0.3, -0.25) is 14.5 Å². The van der Waals surface area contributed by atoms with Crippen LogP contribution in [0.25, 0.3) is 10.7 Å². The Morgan fingerprint density at radius 3 is 2.94 bits per heavy atom. The number of hydrogen-bond acceptors (Lipinski definition) is 8. The predicted octanol–water partition coefficient (Wildman–Crippen LogP) is 2.34. The van der Waals surface area contributed by atoms with E-state index >= 15 is 0 Å². The number of amides is 1. The highest BCUT2D eigenvalue weighted by Crippen LogP contribution is 2.34. The highest BCUT2D eigenvalue weighted by Gasteiger charge is 2.38. The number of aryl methyl sites for hydroxylation is 1. The quantitative estimate of drug-likeness (QED) is 0.559. The Morgan fingerprint density at radius 1 is 1.39 bits per heavy atom. The first-order valence-corrected chi connectivity index (χ1v) is 10.4. The third kappa shape index (κ3) is 4.49. The molecule has 1 amide bonds. The molecule has 1 saturated heterocycles. The molecule has 5 N–H and O–H groups in total. The Bertz CT molecular complexity index is 1080. The summed E-state index contributed by atoms with van der Waals surface area (Å²) in [5, 5.41) is 7.59. The molecular weight excluding hydrogens is 426 g/mol. The number of nitrogens with one attached hydrogen (secondary N) is 1. The van der Waals surface area contributed by atoms with Crippen LogP contribution in [0.5, 0.6) is 0 Å². The van der Waals surface area contributed by atoms with Gasteiger partial charge in [0, 0.05) is 32.3 Å². The maximum Gasteiger partial charge on any atom is 0.277 e. The number of alkyl halides is 2. The monoisotopic (exact) mass is 448 g/mol. The molecule has 3 aromatic heterocycles. The number of halogens is 2. The van der Waals surface area contributed by atoms with E-state index in [-0.39, 0.29) is 17.1 Å². The van der Waals surface area contributed by atoms with E-state index in [2.05, 4.69) is 20.4 Å². The first-order chi connectivity index (χ1) is 14.7. The van der Waals surface area contributed by atoms with Crippen LogP contribution in [0.1, 0.15) is 23.3 Å². The molecule has 1 aliphatic rings. The number of aromatic nitrogens is 4. The molecule has 9 nitrogen and oxygen atoms in total. The van der Waals surface area contributed by atoms with Crippen molar-refractivity contribution in [2.45, 2.75) is 24.8 Å². The number of carbonyl (C=O) groups is 1. The minimum atomic E-state index is -2.95. The van der Waals surface area contributed by atoms with Crippen molar-refractivity contribution in [3.8, 4) is 10.7 Å². The van der Waals surface area contributed by atoms with Gasteiger partial charge < -0.3 is 21.7 Å². The Balaban J connectivity index is 1.59. The predicted molar refractivity (Wildman–Crippen MR) is 115 cm³/mol. The van der Waals surface area contributed by atoms with Gasteiger partial charge in [-0.2, -0.15) is 5.10 Å². The lowest BCUT2D eigenvalue weighted by Crippen LogP contribution is -2.37. The van der Waals surface area contributed by atoms with Gasteiger partial charge in [-0.05, 0) is 18.6 Å². The van der Waals surface area contributed by atoms with E-state index in [0.717, 1.165) is 11.3 Å². The van der Waals surface area contributed by atoms with Gasteiger partial charge in [0.05, 0.1) is 18.4 Å². The zero-order chi connectivity index (χ0) is 22.2. The Hall–Kier alpha value is -3.12. The highest BCUT2D eigenvalue weighted by atomic mass is 32.1. The molecule has 0 radical (unpaired) electrons. The summed E-state index contributed by atoms with van der Waals surface area (Å²) in [5.41, 5.74) is 12.8. The van der Waals surface area contributed by atoms with Crippen LogP contribution in [0.4, 0.5) is 25.3 Å². The van der Waals surface area contributed by atoms with Gasteiger partial charge in [-0.1, -0.05) is 17.4 Å².